The van der Waals surface area contributed by atoms with Crippen molar-refractivity contribution in [2.75, 3.05) is 11.9 Å². The van der Waals surface area contributed by atoms with Gasteiger partial charge in [-0.1, -0.05) is 28.8 Å². The van der Waals surface area contributed by atoms with Gasteiger partial charge in [-0.25, -0.2) is 0 Å². The van der Waals surface area contributed by atoms with Gasteiger partial charge in [-0.3, -0.25) is 9.58 Å². The number of rotatable bonds is 4. The molecule has 0 N–H and O–H groups in total. The number of hydrogen-bond acceptors (Lipinski definition) is 2. The third-order valence-corrected chi connectivity index (χ3v) is 4.32. The van der Waals surface area contributed by atoms with Gasteiger partial charge in [0.2, 0.25) is 0 Å². The molecule has 0 aromatic carbocycles. The van der Waals surface area contributed by atoms with Crippen molar-refractivity contribution in [1.82, 2.24) is 14.7 Å². The smallest absolute Gasteiger partial charge is 0.0534 e. The number of halogens is 1. The molecule has 1 unspecified atom stereocenters. The molecule has 0 radical (unpaired) electrons. The van der Waals surface area contributed by atoms with Crippen molar-refractivity contribution >= 4 is 15.9 Å². The molecule has 1 atom stereocenters. The fraction of sp³-hybridized carbons (Fsp3) is 0.769. The Labute approximate surface area is 112 Å². The van der Waals surface area contributed by atoms with E-state index in [0.717, 1.165) is 18.4 Å². The Kier molecular flexibility index (Phi) is 5.04. The molecule has 1 fully saturated rings. The Hall–Kier alpha value is -0.350. The topological polar surface area (TPSA) is 21.1 Å². The lowest BCUT2D eigenvalue weighted by molar-refractivity contribution is 0.209. The summed E-state index contributed by atoms with van der Waals surface area (Å²) in [6.45, 7) is 5.37. The predicted molar refractivity (Wildman–Crippen MR) is 74.4 cm³/mol. The molecule has 0 aliphatic carbocycles. The van der Waals surface area contributed by atoms with Crippen LogP contribution in [0, 0.1) is 0 Å². The third kappa shape index (κ3) is 3.55. The second-order valence-corrected chi connectivity index (χ2v) is 5.48. The highest BCUT2D eigenvalue weighted by Crippen LogP contribution is 2.20. The second-order valence-electron chi connectivity index (χ2n) is 4.83. The molecular weight excluding hydrogens is 278 g/mol. The largest absolute Gasteiger partial charge is 0.295 e. The molecule has 2 heterocycles. The van der Waals surface area contributed by atoms with Crippen LogP contribution < -0.4 is 0 Å². The fourth-order valence-corrected chi connectivity index (χ4v) is 3.25. The number of likely N-dealkylation sites (tertiary alicyclic amines) is 1. The molecular formula is C13H22BrN3. The Balaban J connectivity index is 1.99. The molecule has 2 rings (SSSR count). The van der Waals surface area contributed by atoms with E-state index in [1.807, 2.05) is 10.9 Å². The summed E-state index contributed by atoms with van der Waals surface area (Å²) in [5.41, 5.74) is 1.35. The maximum atomic E-state index is 4.35. The summed E-state index contributed by atoms with van der Waals surface area (Å²) in [5, 5.41) is 5.44. The van der Waals surface area contributed by atoms with Crippen LogP contribution in [0.1, 0.15) is 38.2 Å². The average Bonchev–Trinajstić information content (AvgIpc) is 2.68. The van der Waals surface area contributed by atoms with Crippen LogP contribution in [-0.2, 0) is 13.1 Å². The maximum Gasteiger partial charge on any atom is 0.0534 e. The van der Waals surface area contributed by atoms with Gasteiger partial charge in [0.1, 0.15) is 0 Å². The summed E-state index contributed by atoms with van der Waals surface area (Å²) < 4.78 is 2.01. The summed E-state index contributed by atoms with van der Waals surface area (Å²) in [5.74, 6) is 0. The van der Waals surface area contributed by atoms with Crippen molar-refractivity contribution in [1.29, 1.82) is 0 Å². The minimum atomic E-state index is 0.697. The number of aryl methyl sites for hydroxylation is 1. The lowest BCUT2D eigenvalue weighted by Crippen LogP contribution is -2.35. The van der Waals surface area contributed by atoms with Crippen LogP contribution in [0.2, 0.25) is 0 Å². The van der Waals surface area contributed by atoms with Gasteiger partial charge < -0.3 is 0 Å². The van der Waals surface area contributed by atoms with E-state index in [2.05, 4.69) is 39.0 Å². The van der Waals surface area contributed by atoms with E-state index in [1.165, 1.54) is 37.8 Å². The number of alkyl halides is 1. The van der Waals surface area contributed by atoms with E-state index in [9.17, 15) is 0 Å². The number of aromatic nitrogens is 2. The van der Waals surface area contributed by atoms with Gasteiger partial charge in [-0.2, -0.15) is 5.10 Å². The number of nitrogens with zero attached hydrogens (tertiary/aromatic N) is 3. The lowest BCUT2D eigenvalue weighted by Gasteiger charge is -2.27. The molecule has 0 spiro atoms. The zero-order chi connectivity index (χ0) is 12.1. The molecule has 1 aromatic rings. The zero-order valence-corrected chi connectivity index (χ0v) is 12.2. The summed E-state index contributed by atoms with van der Waals surface area (Å²) in [6, 6.07) is 0.697. The first-order valence-corrected chi connectivity index (χ1v) is 7.77. The van der Waals surface area contributed by atoms with Crippen molar-refractivity contribution in [3.8, 4) is 0 Å². The summed E-state index contributed by atoms with van der Waals surface area (Å²) in [4.78, 5) is 2.61. The molecule has 0 amide bonds. The highest BCUT2D eigenvalue weighted by Gasteiger charge is 2.20. The molecule has 1 aliphatic rings. The molecule has 4 heteroatoms. The molecule has 1 aliphatic heterocycles. The van der Waals surface area contributed by atoms with Crippen LogP contribution >= 0.6 is 15.9 Å². The molecule has 1 aromatic heterocycles. The first-order chi connectivity index (χ1) is 8.33. The van der Waals surface area contributed by atoms with Gasteiger partial charge in [0, 0.05) is 36.2 Å². The SMILES string of the molecule is CCn1cc(CN2CCCCCC2CBr)cn1. The highest BCUT2D eigenvalue weighted by atomic mass is 79.9. The fourth-order valence-electron chi connectivity index (χ4n) is 2.52. The third-order valence-electron chi connectivity index (χ3n) is 3.57. The van der Waals surface area contributed by atoms with Crippen molar-refractivity contribution in [3.63, 3.8) is 0 Å². The Morgan fingerprint density at radius 3 is 3.00 bits per heavy atom. The standard InChI is InChI=1S/C13H22BrN3/c1-2-17-11-12(9-15-17)10-16-7-5-3-4-6-13(16)8-14/h9,11,13H,2-8,10H2,1H3. The van der Waals surface area contributed by atoms with Crippen LogP contribution in [0.3, 0.4) is 0 Å². The van der Waals surface area contributed by atoms with Gasteiger partial charge in [0.05, 0.1) is 6.20 Å². The van der Waals surface area contributed by atoms with Gasteiger partial charge in [0.25, 0.3) is 0 Å². The minimum Gasteiger partial charge on any atom is -0.295 e. The highest BCUT2D eigenvalue weighted by molar-refractivity contribution is 9.09. The zero-order valence-electron chi connectivity index (χ0n) is 10.6. The van der Waals surface area contributed by atoms with E-state index in [0.29, 0.717) is 6.04 Å². The monoisotopic (exact) mass is 299 g/mol. The maximum absolute atomic E-state index is 4.35. The summed E-state index contributed by atoms with van der Waals surface area (Å²) in [6.07, 6.45) is 9.61. The van der Waals surface area contributed by atoms with E-state index in [4.69, 9.17) is 0 Å². The van der Waals surface area contributed by atoms with E-state index in [1.54, 1.807) is 0 Å². The Morgan fingerprint density at radius 2 is 2.29 bits per heavy atom. The first kappa shape index (κ1) is 13.1. The van der Waals surface area contributed by atoms with Crippen LogP contribution in [0.25, 0.3) is 0 Å². The molecule has 0 bridgehead atoms. The first-order valence-electron chi connectivity index (χ1n) is 6.65. The molecule has 0 saturated carbocycles. The molecule has 17 heavy (non-hydrogen) atoms. The van der Waals surface area contributed by atoms with E-state index >= 15 is 0 Å². The van der Waals surface area contributed by atoms with Crippen molar-refractivity contribution in [2.24, 2.45) is 0 Å². The van der Waals surface area contributed by atoms with Crippen LogP contribution in [0.15, 0.2) is 12.4 Å². The normalized spacial score (nSPS) is 22.6. The van der Waals surface area contributed by atoms with Gasteiger partial charge in [0.15, 0.2) is 0 Å². The van der Waals surface area contributed by atoms with Gasteiger partial charge >= 0.3 is 0 Å². The Bertz CT molecular complexity index is 337. The minimum absolute atomic E-state index is 0.697. The predicted octanol–water partition coefficient (Wildman–Crippen LogP) is 3.04. The van der Waals surface area contributed by atoms with Crippen molar-refractivity contribution < 1.29 is 0 Å². The van der Waals surface area contributed by atoms with E-state index < -0.39 is 0 Å². The number of hydrogen-bond donors (Lipinski definition) is 0. The van der Waals surface area contributed by atoms with Crippen molar-refractivity contribution in [3.05, 3.63) is 18.0 Å². The summed E-state index contributed by atoms with van der Waals surface area (Å²) in [7, 11) is 0. The molecule has 1 saturated heterocycles. The van der Waals surface area contributed by atoms with Gasteiger partial charge in [-0.15, -0.1) is 0 Å². The van der Waals surface area contributed by atoms with Crippen LogP contribution in [0.5, 0.6) is 0 Å². The molecule has 96 valence electrons. The second kappa shape index (κ2) is 6.55. The van der Waals surface area contributed by atoms with Gasteiger partial charge in [-0.05, 0) is 26.3 Å². The quantitative estimate of drug-likeness (QED) is 0.797. The van der Waals surface area contributed by atoms with Crippen LogP contribution in [0.4, 0.5) is 0 Å². The summed E-state index contributed by atoms with van der Waals surface area (Å²) >= 11 is 3.66. The van der Waals surface area contributed by atoms with Crippen molar-refractivity contribution in [2.45, 2.75) is 51.7 Å². The molecule has 3 nitrogen and oxygen atoms in total. The average molecular weight is 300 g/mol. The lowest BCUT2D eigenvalue weighted by atomic mass is 10.1. The van der Waals surface area contributed by atoms with Crippen LogP contribution in [-0.4, -0.2) is 32.6 Å². The van der Waals surface area contributed by atoms with E-state index in [-0.39, 0.29) is 0 Å². The Morgan fingerprint density at radius 1 is 1.41 bits per heavy atom.